The number of hydrogen-bond acceptors (Lipinski definition) is 4. The molecule has 0 saturated carbocycles. The maximum absolute atomic E-state index is 5.92. The van der Waals surface area contributed by atoms with Gasteiger partial charge in [0.1, 0.15) is 5.75 Å². The van der Waals surface area contributed by atoms with E-state index < -0.39 is 0 Å². The molecule has 0 bridgehead atoms. The second-order valence-corrected chi connectivity index (χ2v) is 5.40. The number of nitrogen functional groups attached to an aromatic ring is 1. The predicted octanol–water partition coefficient (Wildman–Crippen LogP) is 3.04. The van der Waals surface area contributed by atoms with E-state index in [1.54, 1.807) is 0 Å². The average Bonchev–Trinajstić information content (AvgIpc) is 2.40. The zero-order valence-electron chi connectivity index (χ0n) is 11.9. The average molecular weight is 264 g/mol. The zero-order chi connectivity index (χ0) is 13.7. The van der Waals surface area contributed by atoms with Crippen LogP contribution in [0.1, 0.15) is 33.1 Å². The van der Waals surface area contributed by atoms with Gasteiger partial charge in [0.2, 0.25) is 0 Å². The van der Waals surface area contributed by atoms with Crippen molar-refractivity contribution in [3.8, 4) is 5.75 Å². The number of benzene rings is 1. The third kappa shape index (κ3) is 3.77. The molecule has 0 spiro atoms. The molecule has 1 aromatic carbocycles. The summed E-state index contributed by atoms with van der Waals surface area (Å²) in [5.41, 5.74) is 7.77. The van der Waals surface area contributed by atoms with Gasteiger partial charge < -0.3 is 20.5 Å². The van der Waals surface area contributed by atoms with E-state index >= 15 is 0 Å². The molecule has 1 aliphatic rings. The summed E-state index contributed by atoms with van der Waals surface area (Å²) in [5, 5.41) is 3.59. The van der Waals surface area contributed by atoms with Crippen molar-refractivity contribution in [2.24, 2.45) is 0 Å². The lowest BCUT2D eigenvalue weighted by molar-refractivity contribution is 0.0658. The number of nitrogens with one attached hydrogen (secondary N) is 1. The lowest BCUT2D eigenvalue weighted by Gasteiger charge is -2.35. The van der Waals surface area contributed by atoms with Crippen LogP contribution in [0.5, 0.6) is 5.75 Å². The minimum atomic E-state index is 0.0936. The van der Waals surface area contributed by atoms with Crippen LogP contribution in [0.3, 0.4) is 0 Å². The summed E-state index contributed by atoms with van der Waals surface area (Å²) >= 11 is 0. The van der Waals surface area contributed by atoms with Crippen LogP contribution < -0.4 is 15.8 Å². The van der Waals surface area contributed by atoms with Crippen LogP contribution in [-0.4, -0.2) is 25.4 Å². The summed E-state index contributed by atoms with van der Waals surface area (Å²) < 4.78 is 11.1. The molecule has 1 saturated heterocycles. The van der Waals surface area contributed by atoms with E-state index in [1.807, 2.05) is 18.2 Å². The van der Waals surface area contributed by atoms with Crippen molar-refractivity contribution < 1.29 is 9.47 Å². The van der Waals surface area contributed by atoms with Crippen molar-refractivity contribution in [1.29, 1.82) is 0 Å². The van der Waals surface area contributed by atoms with Gasteiger partial charge in [0.25, 0.3) is 0 Å². The Bertz CT molecular complexity index is 415. The SMILES string of the molecule is CCCOc1cc(NC2(C)CCOCC2)ccc1N. The summed E-state index contributed by atoms with van der Waals surface area (Å²) in [6, 6.07) is 5.90. The van der Waals surface area contributed by atoms with Crippen LogP contribution in [-0.2, 0) is 4.74 Å². The molecular weight excluding hydrogens is 240 g/mol. The molecule has 0 aliphatic carbocycles. The number of rotatable bonds is 5. The van der Waals surface area contributed by atoms with Crippen molar-refractivity contribution in [1.82, 2.24) is 0 Å². The maximum atomic E-state index is 5.92. The fourth-order valence-corrected chi connectivity index (χ4v) is 2.24. The molecule has 0 aromatic heterocycles. The second kappa shape index (κ2) is 6.15. The predicted molar refractivity (Wildman–Crippen MR) is 78.7 cm³/mol. The number of ether oxygens (including phenoxy) is 2. The van der Waals surface area contributed by atoms with Crippen molar-refractivity contribution in [3.05, 3.63) is 18.2 Å². The molecule has 0 amide bonds. The van der Waals surface area contributed by atoms with Gasteiger partial charge in [0, 0.05) is 30.5 Å². The summed E-state index contributed by atoms with van der Waals surface area (Å²) in [4.78, 5) is 0. The standard InChI is InChI=1S/C15H24N2O2/c1-3-8-19-14-11-12(4-5-13(14)16)17-15(2)6-9-18-10-7-15/h4-5,11,17H,3,6-10,16H2,1-2H3. The first kappa shape index (κ1) is 14.0. The van der Waals surface area contributed by atoms with Gasteiger partial charge in [-0.25, -0.2) is 0 Å². The van der Waals surface area contributed by atoms with Crippen molar-refractivity contribution >= 4 is 11.4 Å². The summed E-state index contributed by atoms with van der Waals surface area (Å²) in [5.74, 6) is 0.766. The molecular formula is C15H24N2O2. The van der Waals surface area contributed by atoms with Crippen LogP contribution in [0.25, 0.3) is 0 Å². The lowest BCUT2D eigenvalue weighted by atomic mass is 9.92. The summed E-state index contributed by atoms with van der Waals surface area (Å²) in [7, 11) is 0. The monoisotopic (exact) mass is 264 g/mol. The molecule has 4 heteroatoms. The van der Waals surface area contributed by atoms with Gasteiger partial charge in [0.05, 0.1) is 12.3 Å². The summed E-state index contributed by atoms with van der Waals surface area (Å²) in [6.45, 7) is 6.65. The Morgan fingerprint density at radius 1 is 1.37 bits per heavy atom. The minimum absolute atomic E-state index is 0.0936. The largest absolute Gasteiger partial charge is 0.491 e. The molecule has 3 N–H and O–H groups in total. The second-order valence-electron chi connectivity index (χ2n) is 5.40. The highest BCUT2D eigenvalue weighted by atomic mass is 16.5. The number of nitrogens with two attached hydrogens (primary N) is 1. The zero-order valence-corrected chi connectivity index (χ0v) is 11.9. The van der Waals surface area contributed by atoms with E-state index in [0.717, 1.165) is 43.9 Å². The molecule has 0 radical (unpaired) electrons. The molecule has 106 valence electrons. The van der Waals surface area contributed by atoms with E-state index in [4.69, 9.17) is 15.2 Å². The van der Waals surface area contributed by atoms with Gasteiger partial charge in [-0.15, -0.1) is 0 Å². The first-order chi connectivity index (χ1) is 9.13. The van der Waals surface area contributed by atoms with E-state index in [9.17, 15) is 0 Å². The van der Waals surface area contributed by atoms with Gasteiger partial charge in [-0.1, -0.05) is 6.92 Å². The first-order valence-electron chi connectivity index (χ1n) is 7.01. The van der Waals surface area contributed by atoms with Crippen LogP contribution in [0.2, 0.25) is 0 Å². The van der Waals surface area contributed by atoms with Gasteiger partial charge in [-0.2, -0.15) is 0 Å². The summed E-state index contributed by atoms with van der Waals surface area (Å²) in [6.07, 6.45) is 3.01. The van der Waals surface area contributed by atoms with Crippen LogP contribution in [0.4, 0.5) is 11.4 Å². The van der Waals surface area contributed by atoms with Crippen LogP contribution in [0.15, 0.2) is 18.2 Å². The van der Waals surface area contributed by atoms with Crippen LogP contribution >= 0.6 is 0 Å². The molecule has 1 heterocycles. The molecule has 19 heavy (non-hydrogen) atoms. The number of hydrogen-bond donors (Lipinski definition) is 2. The van der Waals surface area contributed by atoms with E-state index in [0.29, 0.717) is 12.3 Å². The van der Waals surface area contributed by atoms with Gasteiger partial charge in [-0.3, -0.25) is 0 Å². The van der Waals surface area contributed by atoms with E-state index in [-0.39, 0.29) is 5.54 Å². The minimum Gasteiger partial charge on any atom is -0.491 e. The maximum Gasteiger partial charge on any atom is 0.144 e. The molecule has 1 fully saturated rings. The Hall–Kier alpha value is -1.42. The Labute approximate surface area is 115 Å². The highest BCUT2D eigenvalue weighted by Crippen LogP contribution is 2.30. The highest BCUT2D eigenvalue weighted by molar-refractivity contribution is 5.62. The molecule has 2 rings (SSSR count). The normalized spacial score (nSPS) is 18.0. The Kier molecular flexibility index (Phi) is 4.53. The first-order valence-corrected chi connectivity index (χ1v) is 7.01. The van der Waals surface area contributed by atoms with Gasteiger partial charge >= 0.3 is 0 Å². The number of anilines is 2. The van der Waals surface area contributed by atoms with Crippen molar-refractivity contribution in [2.45, 2.75) is 38.6 Å². The fourth-order valence-electron chi connectivity index (χ4n) is 2.24. The molecule has 0 atom stereocenters. The highest BCUT2D eigenvalue weighted by Gasteiger charge is 2.27. The van der Waals surface area contributed by atoms with E-state index in [2.05, 4.69) is 19.2 Å². The van der Waals surface area contributed by atoms with E-state index in [1.165, 1.54) is 0 Å². The Morgan fingerprint density at radius 2 is 2.11 bits per heavy atom. The smallest absolute Gasteiger partial charge is 0.144 e. The Morgan fingerprint density at radius 3 is 2.79 bits per heavy atom. The third-order valence-corrected chi connectivity index (χ3v) is 3.52. The molecule has 1 aromatic rings. The van der Waals surface area contributed by atoms with Gasteiger partial charge in [-0.05, 0) is 38.3 Å². The van der Waals surface area contributed by atoms with Crippen molar-refractivity contribution in [2.75, 3.05) is 30.9 Å². The van der Waals surface area contributed by atoms with Crippen molar-refractivity contribution in [3.63, 3.8) is 0 Å². The molecule has 1 aliphatic heterocycles. The molecule has 4 nitrogen and oxygen atoms in total. The van der Waals surface area contributed by atoms with Crippen LogP contribution in [0, 0.1) is 0 Å². The third-order valence-electron chi connectivity index (χ3n) is 3.52. The fraction of sp³-hybridized carbons (Fsp3) is 0.600. The quantitative estimate of drug-likeness (QED) is 0.803. The molecule has 0 unspecified atom stereocenters. The topological polar surface area (TPSA) is 56.5 Å². The van der Waals surface area contributed by atoms with Gasteiger partial charge in [0.15, 0.2) is 0 Å². The Balaban J connectivity index is 2.07. The lowest BCUT2D eigenvalue weighted by Crippen LogP contribution is -2.40.